The number of pyridine rings is 1. The van der Waals surface area contributed by atoms with Crippen LogP contribution < -0.4 is 15.2 Å². The molecule has 0 aliphatic heterocycles. The predicted octanol–water partition coefficient (Wildman–Crippen LogP) is 4.64. The summed E-state index contributed by atoms with van der Waals surface area (Å²) in [5.41, 5.74) is 6.19. The fourth-order valence-electron chi connectivity index (χ4n) is 1.36. The second-order valence-electron chi connectivity index (χ2n) is 3.55. The van der Waals surface area contributed by atoms with E-state index in [1.165, 1.54) is 0 Å². The van der Waals surface area contributed by atoms with E-state index in [1.54, 1.807) is 31.4 Å². The summed E-state index contributed by atoms with van der Waals surface area (Å²) in [5.74, 6) is 1.49. The first-order valence-corrected chi connectivity index (χ1v) is 7.10. The van der Waals surface area contributed by atoms with Crippen LogP contribution in [0.4, 0.5) is 5.69 Å². The van der Waals surface area contributed by atoms with Crippen molar-refractivity contribution in [3.8, 4) is 17.4 Å². The molecule has 19 heavy (non-hydrogen) atoms. The zero-order valence-corrected chi connectivity index (χ0v) is 13.7. The molecule has 2 rings (SSSR count). The molecule has 0 atom stereocenters. The minimum Gasteiger partial charge on any atom is -0.496 e. The van der Waals surface area contributed by atoms with Gasteiger partial charge in [-0.3, -0.25) is 0 Å². The van der Waals surface area contributed by atoms with Gasteiger partial charge in [0.05, 0.1) is 21.7 Å². The van der Waals surface area contributed by atoms with E-state index >= 15 is 0 Å². The fraction of sp³-hybridized carbons (Fsp3) is 0.0833. The number of ether oxygens (including phenoxy) is 2. The van der Waals surface area contributed by atoms with Crippen molar-refractivity contribution in [2.75, 3.05) is 12.8 Å². The standard InChI is InChI=1S/C12H9Br2ClN2O2/c1-18-9-4-7(14)10(5-6(9)13)19-12-8(16)2-3-11(15)17-12/h2-5H,16H2,1H3. The molecule has 0 spiro atoms. The summed E-state index contributed by atoms with van der Waals surface area (Å²) in [5, 5.41) is 0.313. The monoisotopic (exact) mass is 406 g/mol. The largest absolute Gasteiger partial charge is 0.496 e. The fourth-order valence-corrected chi connectivity index (χ4v) is 2.39. The lowest BCUT2D eigenvalue weighted by Crippen LogP contribution is -1.96. The van der Waals surface area contributed by atoms with Gasteiger partial charge in [-0.2, -0.15) is 4.98 Å². The van der Waals surface area contributed by atoms with Crippen LogP contribution in [0.15, 0.2) is 33.2 Å². The minimum atomic E-state index is 0.255. The first-order chi connectivity index (χ1) is 9.01. The second kappa shape index (κ2) is 5.98. The molecule has 1 aromatic carbocycles. The topological polar surface area (TPSA) is 57.4 Å². The molecule has 0 aliphatic carbocycles. The molecule has 0 fully saturated rings. The number of aromatic nitrogens is 1. The molecule has 1 heterocycles. The zero-order chi connectivity index (χ0) is 14.0. The Labute approximate surface area is 132 Å². The van der Waals surface area contributed by atoms with Gasteiger partial charge in [0.2, 0.25) is 5.88 Å². The number of halogens is 3. The number of rotatable bonds is 3. The Bertz CT molecular complexity index is 623. The zero-order valence-electron chi connectivity index (χ0n) is 9.78. The number of nitrogens with zero attached hydrogens (tertiary/aromatic N) is 1. The van der Waals surface area contributed by atoms with Crippen LogP contribution in [0.3, 0.4) is 0 Å². The number of nitrogen functional groups attached to an aromatic ring is 1. The van der Waals surface area contributed by atoms with Gasteiger partial charge in [-0.15, -0.1) is 0 Å². The summed E-state index contributed by atoms with van der Waals surface area (Å²) < 4.78 is 12.3. The maximum Gasteiger partial charge on any atom is 0.244 e. The number of hydrogen-bond donors (Lipinski definition) is 1. The summed E-state index contributed by atoms with van der Waals surface area (Å²) in [6.07, 6.45) is 0. The van der Waals surface area contributed by atoms with Crippen LogP contribution >= 0.6 is 43.5 Å². The molecule has 0 amide bonds. The van der Waals surface area contributed by atoms with Gasteiger partial charge < -0.3 is 15.2 Å². The maximum absolute atomic E-state index is 5.81. The molecule has 2 N–H and O–H groups in total. The van der Waals surface area contributed by atoms with Gasteiger partial charge in [-0.05, 0) is 56.1 Å². The highest BCUT2D eigenvalue weighted by Crippen LogP contribution is 2.38. The van der Waals surface area contributed by atoms with Gasteiger partial charge in [-0.25, -0.2) is 0 Å². The third-order valence-corrected chi connectivity index (χ3v) is 3.72. The molecule has 1 aromatic heterocycles. The van der Waals surface area contributed by atoms with Crippen LogP contribution in [0.1, 0.15) is 0 Å². The van der Waals surface area contributed by atoms with Crippen molar-refractivity contribution >= 4 is 49.1 Å². The van der Waals surface area contributed by atoms with Crippen molar-refractivity contribution in [1.82, 2.24) is 4.98 Å². The highest BCUT2D eigenvalue weighted by atomic mass is 79.9. The lowest BCUT2D eigenvalue weighted by molar-refractivity contribution is 0.408. The first-order valence-electron chi connectivity index (χ1n) is 5.14. The molecule has 2 aromatic rings. The Morgan fingerprint density at radius 2 is 1.79 bits per heavy atom. The predicted molar refractivity (Wildman–Crippen MR) is 82.1 cm³/mol. The smallest absolute Gasteiger partial charge is 0.244 e. The summed E-state index contributed by atoms with van der Waals surface area (Å²) in [6.45, 7) is 0. The molecule has 100 valence electrons. The normalized spacial score (nSPS) is 10.3. The molecule has 0 radical (unpaired) electrons. The minimum absolute atomic E-state index is 0.255. The van der Waals surface area contributed by atoms with E-state index < -0.39 is 0 Å². The third kappa shape index (κ3) is 3.32. The molecule has 0 unspecified atom stereocenters. The van der Waals surface area contributed by atoms with Crippen molar-refractivity contribution in [2.24, 2.45) is 0 Å². The van der Waals surface area contributed by atoms with E-state index in [9.17, 15) is 0 Å². The van der Waals surface area contributed by atoms with Gasteiger partial charge in [0.25, 0.3) is 0 Å². The van der Waals surface area contributed by atoms with Crippen LogP contribution in [0.5, 0.6) is 17.4 Å². The summed E-state index contributed by atoms with van der Waals surface area (Å²) in [6, 6.07) is 6.77. The molecular formula is C12H9Br2ClN2O2. The Morgan fingerprint density at radius 3 is 2.47 bits per heavy atom. The Kier molecular flexibility index (Phi) is 4.54. The van der Waals surface area contributed by atoms with Crippen molar-refractivity contribution < 1.29 is 9.47 Å². The van der Waals surface area contributed by atoms with Crippen molar-refractivity contribution in [1.29, 1.82) is 0 Å². The number of nitrogens with two attached hydrogens (primary N) is 1. The highest BCUT2D eigenvalue weighted by Gasteiger charge is 2.11. The van der Waals surface area contributed by atoms with E-state index in [2.05, 4.69) is 36.8 Å². The third-order valence-electron chi connectivity index (χ3n) is 2.27. The van der Waals surface area contributed by atoms with Crippen LogP contribution in [-0.4, -0.2) is 12.1 Å². The van der Waals surface area contributed by atoms with Gasteiger partial charge in [0.1, 0.15) is 16.7 Å². The molecule has 0 aliphatic rings. The summed E-state index contributed by atoms with van der Waals surface area (Å²) in [4.78, 5) is 4.03. The molecular weight excluding hydrogens is 399 g/mol. The number of methoxy groups -OCH3 is 1. The second-order valence-corrected chi connectivity index (χ2v) is 5.64. The van der Waals surface area contributed by atoms with Crippen molar-refractivity contribution in [3.05, 3.63) is 38.4 Å². The van der Waals surface area contributed by atoms with Crippen LogP contribution in [-0.2, 0) is 0 Å². The number of anilines is 1. The Balaban J connectivity index is 2.38. The van der Waals surface area contributed by atoms with Crippen molar-refractivity contribution in [3.63, 3.8) is 0 Å². The van der Waals surface area contributed by atoms with Gasteiger partial charge in [0.15, 0.2) is 0 Å². The molecule has 0 saturated carbocycles. The number of hydrogen-bond acceptors (Lipinski definition) is 4. The number of benzene rings is 1. The summed E-state index contributed by atoms with van der Waals surface area (Å²) in [7, 11) is 1.59. The average molecular weight is 408 g/mol. The van der Waals surface area contributed by atoms with Gasteiger partial charge in [0, 0.05) is 0 Å². The SMILES string of the molecule is COc1cc(Br)c(Oc2nc(Cl)ccc2N)cc1Br. The van der Waals surface area contributed by atoms with Crippen LogP contribution in [0.25, 0.3) is 0 Å². The van der Waals surface area contributed by atoms with Crippen LogP contribution in [0.2, 0.25) is 5.15 Å². The van der Waals surface area contributed by atoms with Crippen LogP contribution in [0, 0.1) is 0 Å². The molecule has 4 nitrogen and oxygen atoms in total. The highest BCUT2D eigenvalue weighted by molar-refractivity contribution is 9.11. The summed E-state index contributed by atoms with van der Waals surface area (Å²) >= 11 is 12.6. The van der Waals surface area contributed by atoms with E-state index in [0.717, 1.165) is 4.47 Å². The van der Waals surface area contributed by atoms with Crippen molar-refractivity contribution in [2.45, 2.75) is 0 Å². The van der Waals surface area contributed by atoms with Gasteiger partial charge >= 0.3 is 0 Å². The molecule has 0 bridgehead atoms. The van der Waals surface area contributed by atoms with E-state index in [4.69, 9.17) is 26.8 Å². The molecule has 0 saturated heterocycles. The lowest BCUT2D eigenvalue weighted by Gasteiger charge is -2.11. The maximum atomic E-state index is 5.81. The van der Waals surface area contributed by atoms with Gasteiger partial charge in [-0.1, -0.05) is 11.6 Å². The van der Waals surface area contributed by atoms with E-state index in [1.807, 2.05) is 0 Å². The first kappa shape index (κ1) is 14.4. The molecule has 7 heteroatoms. The van der Waals surface area contributed by atoms with E-state index in [-0.39, 0.29) is 5.88 Å². The Hall–Kier alpha value is -0.980. The average Bonchev–Trinajstić information content (AvgIpc) is 2.37. The van der Waals surface area contributed by atoms with E-state index in [0.29, 0.717) is 26.8 Å². The lowest BCUT2D eigenvalue weighted by atomic mass is 10.3. The quantitative estimate of drug-likeness (QED) is 0.752. The Morgan fingerprint density at radius 1 is 1.16 bits per heavy atom.